The minimum atomic E-state index is -0.569. The van der Waals surface area contributed by atoms with Crippen LogP contribution in [0.15, 0.2) is 46.9 Å². The molecule has 1 unspecified atom stereocenters. The van der Waals surface area contributed by atoms with Crippen molar-refractivity contribution < 1.29 is 14.3 Å². The van der Waals surface area contributed by atoms with Crippen LogP contribution in [0.5, 0.6) is 5.75 Å². The molecule has 2 aromatic rings. The van der Waals surface area contributed by atoms with Crippen LogP contribution in [0.3, 0.4) is 0 Å². The second kappa shape index (κ2) is 12.0. The number of nitrogens with zero attached hydrogens (tertiary/aromatic N) is 1. The van der Waals surface area contributed by atoms with E-state index in [4.69, 9.17) is 16.3 Å². The third kappa shape index (κ3) is 6.74. The molecule has 2 amide bonds. The Hall–Kier alpha value is -2.05. The molecular formula is C23H28BrClN2O3. The summed E-state index contributed by atoms with van der Waals surface area (Å²) in [5.74, 6) is 0.125. The molecule has 0 bridgehead atoms. The molecule has 0 fully saturated rings. The van der Waals surface area contributed by atoms with Gasteiger partial charge in [0.15, 0.2) is 6.61 Å². The summed E-state index contributed by atoms with van der Waals surface area (Å²) in [4.78, 5) is 27.5. The van der Waals surface area contributed by atoms with E-state index in [1.165, 1.54) is 0 Å². The van der Waals surface area contributed by atoms with E-state index in [2.05, 4.69) is 21.2 Å². The lowest BCUT2D eigenvalue weighted by Crippen LogP contribution is -2.50. The SMILES string of the molecule is CCCNC(=O)C(CC)N(Cc1ccccc1C)C(=O)COc1ccc(Cl)cc1Br. The molecule has 1 atom stereocenters. The first kappa shape index (κ1) is 24.2. The molecule has 1 N–H and O–H groups in total. The molecule has 0 saturated carbocycles. The van der Waals surface area contributed by atoms with Crippen molar-refractivity contribution >= 4 is 39.3 Å². The normalized spacial score (nSPS) is 11.6. The van der Waals surface area contributed by atoms with Crippen molar-refractivity contribution in [2.45, 2.75) is 46.2 Å². The van der Waals surface area contributed by atoms with Gasteiger partial charge < -0.3 is 15.0 Å². The molecule has 2 rings (SSSR count). The summed E-state index contributed by atoms with van der Waals surface area (Å²) < 4.78 is 6.40. The van der Waals surface area contributed by atoms with Gasteiger partial charge in [0.1, 0.15) is 11.8 Å². The second-order valence-corrected chi connectivity index (χ2v) is 8.32. The van der Waals surface area contributed by atoms with Crippen LogP contribution in [0.25, 0.3) is 0 Å². The zero-order chi connectivity index (χ0) is 22.1. The van der Waals surface area contributed by atoms with E-state index in [1.54, 1.807) is 23.1 Å². The van der Waals surface area contributed by atoms with E-state index in [9.17, 15) is 9.59 Å². The summed E-state index contributed by atoms with van der Waals surface area (Å²) in [6, 6.07) is 12.4. The van der Waals surface area contributed by atoms with Crippen molar-refractivity contribution in [1.82, 2.24) is 10.2 Å². The second-order valence-electron chi connectivity index (χ2n) is 7.03. The Morgan fingerprint density at radius 1 is 1.20 bits per heavy atom. The molecule has 0 aliphatic rings. The predicted octanol–water partition coefficient (Wildman–Crippen LogP) is 5.12. The van der Waals surface area contributed by atoms with Crippen LogP contribution >= 0.6 is 27.5 Å². The van der Waals surface area contributed by atoms with Gasteiger partial charge in [-0.3, -0.25) is 9.59 Å². The van der Waals surface area contributed by atoms with Gasteiger partial charge in [0, 0.05) is 18.1 Å². The lowest BCUT2D eigenvalue weighted by molar-refractivity contribution is -0.143. The van der Waals surface area contributed by atoms with Crippen LogP contribution < -0.4 is 10.1 Å². The van der Waals surface area contributed by atoms with Crippen LogP contribution in [0.2, 0.25) is 5.02 Å². The summed E-state index contributed by atoms with van der Waals surface area (Å²) in [5.41, 5.74) is 2.07. The van der Waals surface area contributed by atoms with Gasteiger partial charge in [0.05, 0.1) is 4.47 Å². The number of hydrogen-bond acceptors (Lipinski definition) is 3. The Bertz CT molecular complexity index is 875. The molecule has 30 heavy (non-hydrogen) atoms. The highest BCUT2D eigenvalue weighted by Crippen LogP contribution is 2.28. The quantitative estimate of drug-likeness (QED) is 0.497. The maximum absolute atomic E-state index is 13.2. The summed E-state index contributed by atoms with van der Waals surface area (Å²) in [7, 11) is 0. The number of benzene rings is 2. The molecule has 0 spiro atoms. The fourth-order valence-corrected chi connectivity index (χ4v) is 3.87. The molecule has 162 valence electrons. The average Bonchev–Trinajstić information content (AvgIpc) is 2.72. The van der Waals surface area contributed by atoms with Crippen LogP contribution in [-0.2, 0) is 16.1 Å². The van der Waals surface area contributed by atoms with Crippen molar-refractivity contribution in [2.24, 2.45) is 0 Å². The minimum Gasteiger partial charge on any atom is -0.483 e. The highest BCUT2D eigenvalue weighted by atomic mass is 79.9. The number of carbonyl (C=O) groups excluding carboxylic acids is 2. The van der Waals surface area contributed by atoms with Gasteiger partial charge in [-0.25, -0.2) is 0 Å². The van der Waals surface area contributed by atoms with Crippen molar-refractivity contribution in [3.05, 3.63) is 63.1 Å². The van der Waals surface area contributed by atoms with E-state index in [1.807, 2.05) is 45.0 Å². The lowest BCUT2D eigenvalue weighted by Gasteiger charge is -2.31. The van der Waals surface area contributed by atoms with Gasteiger partial charge in [-0.05, 0) is 65.0 Å². The number of nitrogens with one attached hydrogen (secondary N) is 1. The largest absolute Gasteiger partial charge is 0.483 e. The zero-order valence-corrected chi connectivity index (χ0v) is 19.9. The molecule has 7 heteroatoms. The van der Waals surface area contributed by atoms with E-state index >= 15 is 0 Å². The van der Waals surface area contributed by atoms with Gasteiger partial charge in [0.25, 0.3) is 5.91 Å². The third-order valence-electron chi connectivity index (χ3n) is 4.78. The summed E-state index contributed by atoms with van der Waals surface area (Å²) in [6.07, 6.45) is 1.35. The van der Waals surface area contributed by atoms with Gasteiger partial charge >= 0.3 is 0 Å². The topological polar surface area (TPSA) is 58.6 Å². The molecule has 5 nitrogen and oxygen atoms in total. The highest BCUT2D eigenvalue weighted by molar-refractivity contribution is 9.10. The number of hydrogen-bond donors (Lipinski definition) is 1. The first-order chi connectivity index (χ1) is 14.4. The standard InChI is InChI=1S/C23H28BrClN2O3/c1-4-12-26-23(29)20(5-2)27(14-17-9-7-6-8-16(17)3)22(28)15-30-21-11-10-18(25)13-19(21)24/h6-11,13,20H,4-5,12,14-15H2,1-3H3,(H,26,29). The van der Waals surface area contributed by atoms with E-state index in [0.29, 0.717) is 34.8 Å². The third-order valence-corrected chi connectivity index (χ3v) is 5.64. The van der Waals surface area contributed by atoms with Crippen LogP contribution in [0.1, 0.15) is 37.8 Å². The molecule has 0 aliphatic heterocycles. The molecule has 0 aromatic heterocycles. The first-order valence-corrected chi connectivity index (χ1v) is 11.2. The minimum absolute atomic E-state index is 0.144. The Kier molecular flexibility index (Phi) is 9.66. The number of halogens is 2. The molecular weight excluding hydrogens is 468 g/mol. The average molecular weight is 496 g/mol. The van der Waals surface area contributed by atoms with Crippen LogP contribution in [0, 0.1) is 6.92 Å². The van der Waals surface area contributed by atoms with Crippen molar-refractivity contribution in [1.29, 1.82) is 0 Å². The highest BCUT2D eigenvalue weighted by Gasteiger charge is 2.29. The fourth-order valence-electron chi connectivity index (χ4n) is 3.07. The fraction of sp³-hybridized carbons (Fsp3) is 0.391. The number of rotatable bonds is 10. The predicted molar refractivity (Wildman–Crippen MR) is 124 cm³/mol. The van der Waals surface area contributed by atoms with Gasteiger partial charge in [0.2, 0.25) is 5.91 Å². The summed E-state index contributed by atoms with van der Waals surface area (Å²) >= 11 is 9.36. The summed E-state index contributed by atoms with van der Waals surface area (Å²) in [6.45, 7) is 6.64. The van der Waals surface area contributed by atoms with Crippen molar-refractivity contribution in [3.8, 4) is 5.75 Å². The van der Waals surface area contributed by atoms with Crippen LogP contribution in [-0.4, -0.2) is 35.9 Å². The van der Waals surface area contributed by atoms with Gasteiger partial charge in [-0.15, -0.1) is 0 Å². The zero-order valence-electron chi connectivity index (χ0n) is 17.6. The molecule has 0 heterocycles. The maximum Gasteiger partial charge on any atom is 0.261 e. The lowest BCUT2D eigenvalue weighted by atomic mass is 10.1. The number of amides is 2. The van der Waals surface area contributed by atoms with Gasteiger partial charge in [-0.1, -0.05) is 49.7 Å². The Morgan fingerprint density at radius 3 is 2.57 bits per heavy atom. The number of ether oxygens (including phenoxy) is 1. The molecule has 0 radical (unpaired) electrons. The van der Waals surface area contributed by atoms with E-state index in [0.717, 1.165) is 17.5 Å². The summed E-state index contributed by atoms with van der Waals surface area (Å²) in [5, 5.41) is 3.48. The molecule has 0 aliphatic carbocycles. The Labute approximate surface area is 191 Å². The molecule has 2 aromatic carbocycles. The Balaban J connectivity index is 2.22. The van der Waals surface area contributed by atoms with Crippen molar-refractivity contribution in [2.75, 3.05) is 13.2 Å². The molecule has 0 saturated heterocycles. The number of aryl methyl sites for hydroxylation is 1. The number of carbonyl (C=O) groups is 2. The first-order valence-electron chi connectivity index (χ1n) is 10.1. The smallest absolute Gasteiger partial charge is 0.261 e. The van der Waals surface area contributed by atoms with Gasteiger partial charge in [-0.2, -0.15) is 0 Å². The Morgan fingerprint density at radius 2 is 1.93 bits per heavy atom. The maximum atomic E-state index is 13.2. The van der Waals surface area contributed by atoms with E-state index in [-0.39, 0.29) is 18.4 Å². The van der Waals surface area contributed by atoms with Crippen LogP contribution in [0.4, 0.5) is 0 Å². The van der Waals surface area contributed by atoms with Crippen molar-refractivity contribution in [3.63, 3.8) is 0 Å². The monoisotopic (exact) mass is 494 g/mol. The van der Waals surface area contributed by atoms with E-state index < -0.39 is 6.04 Å².